The molecular weight excluding hydrogens is 274 g/mol. The van der Waals surface area contributed by atoms with E-state index >= 15 is 0 Å². The Balaban J connectivity index is 2.27. The van der Waals surface area contributed by atoms with Crippen LogP contribution in [0.2, 0.25) is 0 Å². The molecule has 0 heterocycles. The lowest BCUT2D eigenvalue weighted by Crippen LogP contribution is -2.35. The van der Waals surface area contributed by atoms with Crippen molar-refractivity contribution in [2.45, 2.75) is 19.3 Å². The van der Waals surface area contributed by atoms with Crippen molar-refractivity contribution >= 4 is 11.9 Å². The number of carboxylic acid groups (broad SMARTS) is 1. The first-order valence-corrected chi connectivity index (χ1v) is 6.91. The summed E-state index contributed by atoms with van der Waals surface area (Å²) in [5.41, 5.74) is 0. The number of benzene rings is 1. The first-order valence-electron chi connectivity index (χ1n) is 6.91. The van der Waals surface area contributed by atoms with Gasteiger partial charge in [-0.2, -0.15) is 0 Å². The van der Waals surface area contributed by atoms with Crippen LogP contribution in [0.15, 0.2) is 30.3 Å². The van der Waals surface area contributed by atoms with E-state index < -0.39 is 5.97 Å². The second-order valence-corrected chi connectivity index (χ2v) is 4.51. The molecule has 116 valence electrons. The Morgan fingerprint density at radius 2 is 1.81 bits per heavy atom. The highest BCUT2D eigenvalue weighted by atomic mass is 16.5. The molecule has 21 heavy (non-hydrogen) atoms. The van der Waals surface area contributed by atoms with E-state index in [1.54, 1.807) is 0 Å². The molecule has 0 aliphatic rings. The Bertz CT molecular complexity index is 435. The normalized spacial score (nSPS) is 10.1. The number of aliphatic hydroxyl groups is 1. The quantitative estimate of drug-likeness (QED) is 0.632. The summed E-state index contributed by atoms with van der Waals surface area (Å²) in [6.07, 6.45) is 0.696. The van der Waals surface area contributed by atoms with Gasteiger partial charge in [0.2, 0.25) is 5.91 Å². The fourth-order valence-electron chi connectivity index (χ4n) is 1.80. The highest BCUT2D eigenvalue weighted by molar-refractivity contribution is 5.77. The average Bonchev–Trinajstić information content (AvgIpc) is 2.48. The first-order chi connectivity index (χ1) is 10.1. The number of rotatable bonds is 10. The zero-order chi connectivity index (χ0) is 15.5. The van der Waals surface area contributed by atoms with Gasteiger partial charge in [0.25, 0.3) is 0 Å². The van der Waals surface area contributed by atoms with Gasteiger partial charge in [0.05, 0.1) is 19.6 Å². The zero-order valence-corrected chi connectivity index (χ0v) is 11.9. The smallest absolute Gasteiger partial charge is 0.305 e. The second-order valence-electron chi connectivity index (χ2n) is 4.51. The van der Waals surface area contributed by atoms with Gasteiger partial charge in [-0.3, -0.25) is 9.59 Å². The van der Waals surface area contributed by atoms with Crippen LogP contribution in [-0.2, 0) is 9.59 Å². The molecule has 0 aliphatic carbocycles. The maximum Gasteiger partial charge on any atom is 0.305 e. The molecule has 0 bridgehead atoms. The first kappa shape index (κ1) is 17.0. The maximum absolute atomic E-state index is 11.9. The van der Waals surface area contributed by atoms with E-state index in [0.717, 1.165) is 5.75 Å². The van der Waals surface area contributed by atoms with Crippen molar-refractivity contribution in [3.8, 4) is 5.75 Å². The highest BCUT2D eigenvalue weighted by Gasteiger charge is 2.13. The van der Waals surface area contributed by atoms with Gasteiger partial charge in [-0.25, -0.2) is 0 Å². The minimum atomic E-state index is -0.960. The van der Waals surface area contributed by atoms with E-state index in [1.807, 2.05) is 30.3 Å². The molecular formula is C15H21NO5. The monoisotopic (exact) mass is 295 g/mol. The number of nitrogens with zero attached hydrogens (tertiary/aromatic N) is 1. The van der Waals surface area contributed by atoms with Gasteiger partial charge in [0, 0.05) is 19.5 Å². The van der Waals surface area contributed by atoms with Crippen LogP contribution in [0.1, 0.15) is 19.3 Å². The van der Waals surface area contributed by atoms with Gasteiger partial charge < -0.3 is 19.8 Å². The van der Waals surface area contributed by atoms with Crippen LogP contribution in [0, 0.1) is 0 Å². The third-order valence-corrected chi connectivity index (χ3v) is 2.87. The van der Waals surface area contributed by atoms with E-state index in [0.29, 0.717) is 13.0 Å². The van der Waals surface area contributed by atoms with Gasteiger partial charge in [0.15, 0.2) is 0 Å². The number of carbonyl (C=O) groups is 2. The fraction of sp³-hybridized carbons (Fsp3) is 0.467. The highest BCUT2D eigenvalue weighted by Crippen LogP contribution is 2.09. The van der Waals surface area contributed by atoms with Gasteiger partial charge in [-0.1, -0.05) is 18.2 Å². The number of aliphatic hydroxyl groups excluding tert-OH is 1. The average molecular weight is 295 g/mol. The summed E-state index contributed by atoms with van der Waals surface area (Å²) in [6, 6.07) is 9.32. The molecule has 0 fully saturated rings. The lowest BCUT2D eigenvalue weighted by molar-refractivity contribution is -0.138. The van der Waals surface area contributed by atoms with Gasteiger partial charge in [0.1, 0.15) is 5.75 Å². The molecule has 0 aliphatic heterocycles. The summed E-state index contributed by atoms with van der Waals surface area (Å²) in [4.78, 5) is 23.8. The third-order valence-electron chi connectivity index (χ3n) is 2.87. The number of para-hydroxylation sites is 1. The molecule has 0 saturated carbocycles. The van der Waals surface area contributed by atoms with Crippen molar-refractivity contribution in [2.75, 3.05) is 26.3 Å². The molecule has 2 N–H and O–H groups in total. The number of carbonyl (C=O) groups excluding carboxylic acids is 1. The molecule has 0 atom stereocenters. The standard InChI is InChI=1S/C15H21NO5/c17-11-10-16(9-8-15(19)20)14(18)7-4-12-21-13-5-2-1-3-6-13/h1-3,5-6,17H,4,7-12H2,(H,19,20). The predicted molar refractivity (Wildman–Crippen MR) is 77.1 cm³/mol. The second kappa shape index (κ2) is 9.77. The number of hydrogen-bond acceptors (Lipinski definition) is 4. The largest absolute Gasteiger partial charge is 0.494 e. The zero-order valence-electron chi connectivity index (χ0n) is 11.9. The lowest BCUT2D eigenvalue weighted by Gasteiger charge is -2.20. The molecule has 1 rings (SSSR count). The van der Waals surface area contributed by atoms with E-state index in [9.17, 15) is 9.59 Å². The number of hydrogen-bond donors (Lipinski definition) is 2. The summed E-state index contributed by atoms with van der Waals surface area (Å²) in [6.45, 7) is 0.521. The molecule has 0 aromatic heterocycles. The van der Waals surface area contributed by atoms with Crippen LogP contribution in [-0.4, -0.2) is 53.3 Å². The molecule has 1 aromatic rings. The Morgan fingerprint density at radius 1 is 1.10 bits per heavy atom. The number of aliphatic carboxylic acids is 1. The molecule has 6 nitrogen and oxygen atoms in total. The minimum Gasteiger partial charge on any atom is -0.494 e. The Kier molecular flexibility index (Phi) is 7.89. The number of ether oxygens (including phenoxy) is 1. The lowest BCUT2D eigenvalue weighted by atomic mass is 10.2. The van der Waals surface area contributed by atoms with E-state index in [-0.39, 0.29) is 38.4 Å². The maximum atomic E-state index is 11.9. The molecule has 1 amide bonds. The van der Waals surface area contributed by atoms with Crippen LogP contribution in [0.4, 0.5) is 0 Å². The molecule has 0 radical (unpaired) electrons. The molecule has 0 unspecified atom stereocenters. The topological polar surface area (TPSA) is 87.1 Å². The van der Waals surface area contributed by atoms with Crippen molar-refractivity contribution < 1.29 is 24.5 Å². The fourth-order valence-corrected chi connectivity index (χ4v) is 1.80. The van der Waals surface area contributed by atoms with Crippen LogP contribution >= 0.6 is 0 Å². The molecule has 0 saturated heterocycles. The van der Waals surface area contributed by atoms with Crippen molar-refractivity contribution in [3.05, 3.63) is 30.3 Å². The van der Waals surface area contributed by atoms with Crippen molar-refractivity contribution in [3.63, 3.8) is 0 Å². The van der Waals surface area contributed by atoms with Gasteiger partial charge in [-0.15, -0.1) is 0 Å². The Hall–Kier alpha value is -2.08. The van der Waals surface area contributed by atoms with Crippen molar-refractivity contribution in [2.24, 2.45) is 0 Å². The van der Waals surface area contributed by atoms with Gasteiger partial charge >= 0.3 is 5.97 Å². The SMILES string of the molecule is O=C(O)CCN(CCO)C(=O)CCCOc1ccccc1. The summed E-state index contributed by atoms with van der Waals surface area (Å²) >= 11 is 0. The van der Waals surface area contributed by atoms with Crippen molar-refractivity contribution in [1.29, 1.82) is 0 Å². The predicted octanol–water partition coefficient (Wildman–Crippen LogP) is 1.14. The summed E-state index contributed by atoms with van der Waals surface area (Å²) in [5, 5.41) is 17.5. The summed E-state index contributed by atoms with van der Waals surface area (Å²) < 4.78 is 5.48. The van der Waals surface area contributed by atoms with Gasteiger partial charge in [-0.05, 0) is 18.6 Å². The summed E-state index contributed by atoms with van der Waals surface area (Å²) in [7, 11) is 0. The van der Waals surface area contributed by atoms with E-state index in [1.165, 1.54) is 4.90 Å². The number of carboxylic acids is 1. The molecule has 0 spiro atoms. The van der Waals surface area contributed by atoms with Crippen LogP contribution < -0.4 is 4.74 Å². The van der Waals surface area contributed by atoms with E-state index in [4.69, 9.17) is 14.9 Å². The van der Waals surface area contributed by atoms with Crippen LogP contribution in [0.25, 0.3) is 0 Å². The molecule has 6 heteroatoms. The van der Waals surface area contributed by atoms with Crippen LogP contribution in [0.3, 0.4) is 0 Å². The van der Waals surface area contributed by atoms with Crippen LogP contribution in [0.5, 0.6) is 5.75 Å². The Morgan fingerprint density at radius 3 is 2.43 bits per heavy atom. The Labute approximate surface area is 124 Å². The van der Waals surface area contributed by atoms with Crippen molar-refractivity contribution in [1.82, 2.24) is 4.90 Å². The molecule has 1 aromatic carbocycles. The minimum absolute atomic E-state index is 0.119. The van der Waals surface area contributed by atoms with E-state index in [2.05, 4.69) is 0 Å². The summed E-state index contributed by atoms with van der Waals surface area (Å²) in [5.74, 6) is -0.372. The number of amides is 1. The third kappa shape index (κ3) is 7.31.